The van der Waals surface area contributed by atoms with Crippen LogP contribution in [0, 0.1) is 11.6 Å². The lowest BCUT2D eigenvalue weighted by molar-refractivity contribution is -0.121. The van der Waals surface area contributed by atoms with Crippen molar-refractivity contribution in [2.75, 3.05) is 13.1 Å². The lowest BCUT2D eigenvalue weighted by Crippen LogP contribution is -2.28. The molecule has 3 nitrogen and oxygen atoms in total. The Bertz CT molecular complexity index is 611. The third-order valence-corrected chi connectivity index (χ3v) is 4.16. The summed E-state index contributed by atoms with van der Waals surface area (Å²) >= 11 is 0. The van der Waals surface area contributed by atoms with Crippen molar-refractivity contribution < 1.29 is 13.6 Å². The Morgan fingerprint density at radius 1 is 0.920 bits per heavy atom. The predicted molar refractivity (Wildman–Crippen MR) is 95.2 cm³/mol. The van der Waals surface area contributed by atoms with Crippen LogP contribution in [0.3, 0.4) is 0 Å². The molecule has 0 saturated heterocycles. The second-order valence-corrected chi connectivity index (χ2v) is 6.04. The van der Waals surface area contributed by atoms with Gasteiger partial charge >= 0.3 is 0 Å². The van der Waals surface area contributed by atoms with Gasteiger partial charge in [0.15, 0.2) is 0 Å². The summed E-state index contributed by atoms with van der Waals surface area (Å²) in [6, 6.07) is 12.8. The summed E-state index contributed by atoms with van der Waals surface area (Å²) < 4.78 is 26.4. The Balaban J connectivity index is 1.99. The van der Waals surface area contributed by atoms with Crippen molar-refractivity contribution >= 4 is 5.91 Å². The molecule has 134 valence electrons. The highest BCUT2D eigenvalue weighted by molar-refractivity contribution is 5.75. The minimum Gasteiger partial charge on any atom is -0.355 e. The third-order valence-electron chi connectivity index (χ3n) is 4.16. The van der Waals surface area contributed by atoms with Gasteiger partial charge in [0.2, 0.25) is 5.91 Å². The fourth-order valence-electron chi connectivity index (χ4n) is 2.85. The molecule has 3 N–H and O–H groups in total. The first kappa shape index (κ1) is 19.1. The standard InChI is InChI=1S/C20H24F2N2O/c21-17-9-5-15(6-10-17)19(16-7-11-18(22)12-8-16)3-1-2-4-20(25)24-14-13-23/h5-12,19H,1-4,13-14,23H2,(H,24,25). The summed E-state index contributed by atoms with van der Waals surface area (Å²) in [6.45, 7) is 0.926. The van der Waals surface area contributed by atoms with Crippen LogP contribution in [0.4, 0.5) is 8.78 Å². The molecule has 1 amide bonds. The molecular weight excluding hydrogens is 322 g/mol. The number of rotatable bonds is 9. The molecule has 2 rings (SSSR count). The number of nitrogens with one attached hydrogen (secondary N) is 1. The highest BCUT2D eigenvalue weighted by atomic mass is 19.1. The van der Waals surface area contributed by atoms with Gasteiger partial charge in [-0.15, -0.1) is 0 Å². The second-order valence-electron chi connectivity index (χ2n) is 6.04. The zero-order chi connectivity index (χ0) is 18.1. The van der Waals surface area contributed by atoms with Crippen LogP contribution < -0.4 is 11.1 Å². The van der Waals surface area contributed by atoms with Crippen LogP contribution in [0.5, 0.6) is 0 Å². The van der Waals surface area contributed by atoms with Crippen LogP contribution >= 0.6 is 0 Å². The van der Waals surface area contributed by atoms with Crippen LogP contribution in [0.15, 0.2) is 48.5 Å². The normalized spacial score (nSPS) is 10.9. The van der Waals surface area contributed by atoms with Gasteiger partial charge in [0.1, 0.15) is 11.6 Å². The maximum Gasteiger partial charge on any atom is 0.220 e. The first-order valence-electron chi connectivity index (χ1n) is 8.58. The Morgan fingerprint density at radius 2 is 1.44 bits per heavy atom. The monoisotopic (exact) mass is 346 g/mol. The predicted octanol–water partition coefficient (Wildman–Crippen LogP) is 3.73. The van der Waals surface area contributed by atoms with Crippen LogP contribution in [-0.4, -0.2) is 19.0 Å². The summed E-state index contributed by atoms with van der Waals surface area (Å²) in [6.07, 6.45) is 2.87. The molecular formula is C20H24F2N2O. The fourth-order valence-corrected chi connectivity index (χ4v) is 2.85. The smallest absolute Gasteiger partial charge is 0.220 e. The second kappa shape index (κ2) is 9.89. The van der Waals surface area contributed by atoms with Gasteiger partial charge in [-0.25, -0.2) is 8.78 Å². The van der Waals surface area contributed by atoms with Gasteiger partial charge in [0.25, 0.3) is 0 Å². The quantitative estimate of drug-likeness (QED) is 0.680. The molecule has 0 radical (unpaired) electrons. The van der Waals surface area contributed by atoms with Gasteiger partial charge < -0.3 is 11.1 Å². The van der Waals surface area contributed by atoms with E-state index in [-0.39, 0.29) is 23.5 Å². The Hall–Kier alpha value is -2.27. The number of benzene rings is 2. The van der Waals surface area contributed by atoms with E-state index in [4.69, 9.17) is 5.73 Å². The van der Waals surface area contributed by atoms with Gasteiger partial charge in [0, 0.05) is 25.4 Å². The maximum absolute atomic E-state index is 13.2. The van der Waals surface area contributed by atoms with Crippen molar-refractivity contribution in [3.05, 3.63) is 71.3 Å². The van der Waals surface area contributed by atoms with Crippen LogP contribution in [0.25, 0.3) is 0 Å². The van der Waals surface area contributed by atoms with E-state index in [1.54, 1.807) is 24.3 Å². The summed E-state index contributed by atoms with van der Waals surface area (Å²) in [4.78, 5) is 11.6. The number of carbonyl (C=O) groups is 1. The Labute approximate surface area is 147 Å². The van der Waals surface area contributed by atoms with Crippen molar-refractivity contribution in [1.29, 1.82) is 0 Å². The van der Waals surface area contributed by atoms with Crippen LogP contribution in [0.2, 0.25) is 0 Å². The Kier molecular flexibility index (Phi) is 7.54. The molecule has 0 heterocycles. The first-order chi connectivity index (χ1) is 12.1. The topological polar surface area (TPSA) is 55.1 Å². The molecule has 0 aliphatic heterocycles. The number of halogens is 2. The van der Waals surface area contributed by atoms with E-state index in [0.29, 0.717) is 19.5 Å². The molecule has 0 aromatic heterocycles. The van der Waals surface area contributed by atoms with Crippen molar-refractivity contribution in [2.24, 2.45) is 5.73 Å². The van der Waals surface area contributed by atoms with Gasteiger partial charge in [-0.05, 0) is 48.2 Å². The number of carbonyl (C=O) groups excluding carboxylic acids is 1. The average molecular weight is 346 g/mol. The van der Waals surface area contributed by atoms with Gasteiger partial charge in [-0.3, -0.25) is 4.79 Å². The van der Waals surface area contributed by atoms with Crippen molar-refractivity contribution in [1.82, 2.24) is 5.32 Å². The molecule has 25 heavy (non-hydrogen) atoms. The zero-order valence-corrected chi connectivity index (χ0v) is 14.2. The lowest BCUT2D eigenvalue weighted by Gasteiger charge is -2.18. The molecule has 2 aromatic rings. The summed E-state index contributed by atoms with van der Waals surface area (Å²) in [5.41, 5.74) is 7.33. The molecule has 0 spiro atoms. The highest BCUT2D eigenvalue weighted by Crippen LogP contribution is 2.30. The summed E-state index contributed by atoms with van der Waals surface area (Å²) in [5, 5.41) is 2.75. The number of unbranched alkanes of at least 4 members (excludes halogenated alkanes) is 1. The third kappa shape index (κ3) is 6.27. The SMILES string of the molecule is NCCNC(=O)CCCCC(c1ccc(F)cc1)c1ccc(F)cc1. The van der Waals surface area contributed by atoms with Gasteiger partial charge in [0.05, 0.1) is 0 Å². The molecule has 0 aliphatic carbocycles. The van der Waals surface area contributed by atoms with Crippen molar-refractivity contribution in [3.63, 3.8) is 0 Å². The molecule has 0 aliphatic rings. The Morgan fingerprint density at radius 3 is 1.92 bits per heavy atom. The number of nitrogens with two attached hydrogens (primary N) is 1. The van der Waals surface area contributed by atoms with E-state index in [1.165, 1.54) is 24.3 Å². The molecule has 5 heteroatoms. The number of hydrogen-bond acceptors (Lipinski definition) is 2. The number of hydrogen-bond donors (Lipinski definition) is 2. The highest BCUT2D eigenvalue weighted by Gasteiger charge is 2.14. The average Bonchev–Trinajstić information content (AvgIpc) is 2.62. The molecule has 0 atom stereocenters. The zero-order valence-electron chi connectivity index (χ0n) is 14.2. The largest absolute Gasteiger partial charge is 0.355 e. The minimum atomic E-state index is -0.279. The first-order valence-corrected chi connectivity index (χ1v) is 8.58. The van der Waals surface area contributed by atoms with Crippen LogP contribution in [0.1, 0.15) is 42.7 Å². The van der Waals surface area contributed by atoms with Gasteiger partial charge in [-0.2, -0.15) is 0 Å². The van der Waals surface area contributed by atoms with E-state index in [2.05, 4.69) is 5.32 Å². The molecule has 0 fully saturated rings. The maximum atomic E-state index is 13.2. The molecule has 2 aromatic carbocycles. The molecule has 0 unspecified atom stereocenters. The summed E-state index contributed by atoms with van der Waals surface area (Å²) in [5.74, 6) is -0.504. The van der Waals surface area contributed by atoms with Crippen molar-refractivity contribution in [2.45, 2.75) is 31.6 Å². The number of amides is 1. The van der Waals surface area contributed by atoms with Crippen LogP contribution in [-0.2, 0) is 4.79 Å². The van der Waals surface area contributed by atoms with E-state index in [9.17, 15) is 13.6 Å². The molecule has 0 bridgehead atoms. The van der Waals surface area contributed by atoms with E-state index in [1.807, 2.05) is 0 Å². The van der Waals surface area contributed by atoms with Gasteiger partial charge in [-0.1, -0.05) is 30.7 Å². The van der Waals surface area contributed by atoms with Crippen molar-refractivity contribution in [3.8, 4) is 0 Å². The van der Waals surface area contributed by atoms with E-state index in [0.717, 1.165) is 30.4 Å². The minimum absolute atomic E-state index is 0.00515. The lowest BCUT2D eigenvalue weighted by atomic mass is 9.87. The summed E-state index contributed by atoms with van der Waals surface area (Å²) in [7, 11) is 0. The van der Waals surface area contributed by atoms with E-state index < -0.39 is 0 Å². The fraction of sp³-hybridized carbons (Fsp3) is 0.350. The molecule has 0 saturated carbocycles. The van der Waals surface area contributed by atoms with E-state index >= 15 is 0 Å².